The van der Waals surface area contributed by atoms with E-state index >= 15 is 0 Å². The van der Waals surface area contributed by atoms with E-state index in [2.05, 4.69) is 0 Å². The lowest BCUT2D eigenvalue weighted by molar-refractivity contribution is -0.387. The molecule has 0 saturated carbocycles. The van der Waals surface area contributed by atoms with Crippen LogP contribution in [0.4, 0.5) is 25.0 Å². The fraction of sp³-hybridized carbons (Fsp3) is 0.200. The molecule has 1 aromatic carbocycles. The Morgan fingerprint density at radius 1 is 1.35 bits per heavy atom. The Morgan fingerprint density at radius 3 is 2.45 bits per heavy atom. The number of aliphatic carboxylic acids is 1. The van der Waals surface area contributed by atoms with Crippen molar-refractivity contribution in [3.63, 3.8) is 0 Å². The van der Waals surface area contributed by atoms with Crippen molar-refractivity contribution in [2.75, 3.05) is 5.32 Å². The molecule has 0 radical (unpaired) electrons. The van der Waals surface area contributed by atoms with Crippen molar-refractivity contribution in [3.8, 4) is 0 Å². The maximum absolute atomic E-state index is 13.3. The van der Waals surface area contributed by atoms with Gasteiger partial charge >= 0.3 is 17.7 Å². The van der Waals surface area contributed by atoms with Crippen LogP contribution in [0.25, 0.3) is 0 Å². The fourth-order valence-electron chi connectivity index (χ4n) is 1.19. The van der Waals surface area contributed by atoms with Gasteiger partial charge in [0.05, 0.1) is 10.6 Å². The number of carbonyl (C=O) groups is 2. The molecule has 0 aliphatic rings. The number of nitrogens with one attached hydrogen (secondary N) is 2. The number of carboxylic acid groups (broad SMARTS) is 1. The van der Waals surface area contributed by atoms with Crippen LogP contribution in [0.5, 0.6) is 0 Å². The van der Waals surface area contributed by atoms with Crippen LogP contribution in [0.3, 0.4) is 0 Å². The third-order valence-corrected chi connectivity index (χ3v) is 2.20. The molecule has 0 heterocycles. The second-order valence-corrected chi connectivity index (χ2v) is 3.70. The van der Waals surface area contributed by atoms with Gasteiger partial charge in [-0.1, -0.05) is 0 Å². The molecule has 108 valence electrons. The van der Waals surface area contributed by atoms with Gasteiger partial charge in [0.2, 0.25) is 5.82 Å². The van der Waals surface area contributed by atoms with Gasteiger partial charge in [-0.25, -0.2) is 9.18 Å². The molecule has 1 atom stereocenters. The first-order valence-electron chi connectivity index (χ1n) is 5.16. The lowest BCUT2D eigenvalue weighted by atomic mass is 10.2. The number of carbonyl (C=O) groups excluding carboxylic acids is 1. The highest BCUT2D eigenvalue weighted by Gasteiger charge is 2.20. The van der Waals surface area contributed by atoms with E-state index in [1.54, 1.807) is 0 Å². The van der Waals surface area contributed by atoms with Crippen LogP contribution in [0.1, 0.15) is 6.92 Å². The number of nitrogens with zero attached hydrogens (tertiary/aromatic N) is 1. The predicted molar refractivity (Wildman–Crippen MR) is 62.3 cm³/mol. The standard InChI is InChI=1S/C10H9F2N3O5/c1-4(9(16)17)13-10(18)14-7-3-8(15(19)20)6(12)2-5(7)11/h2-4H,1H3,(H,16,17)(H2,13,14,18)/t4-/m0/s1. The molecule has 2 amide bonds. The van der Waals surface area contributed by atoms with Crippen molar-refractivity contribution < 1.29 is 28.4 Å². The summed E-state index contributed by atoms with van der Waals surface area (Å²) in [4.78, 5) is 31.2. The number of carboxylic acids is 1. The molecule has 0 aliphatic heterocycles. The number of urea groups is 1. The number of amides is 2. The summed E-state index contributed by atoms with van der Waals surface area (Å²) in [5, 5.41) is 22.8. The molecule has 1 rings (SSSR count). The highest BCUT2D eigenvalue weighted by atomic mass is 19.1. The van der Waals surface area contributed by atoms with E-state index in [1.807, 2.05) is 10.6 Å². The molecule has 1 aromatic rings. The van der Waals surface area contributed by atoms with Crippen molar-refractivity contribution in [2.45, 2.75) is 13.0 Å². The van der Waals surface area contributed by atoms with Crippen molar-refractivity contribution in [3.05, 3.63) is 33.9 Å². The van der Waals surface area contributed by atoms with E-state index in [4.69, 9.17) is 5.11 Å². The molecular weight excluding hydrogens is 280 g/mol. The van der Waals surface area contributed by atoms with E-state index in [9.17, 15) is 28.5 Å². The largest absolute Gasteiger partial charge is 0.480 e. The van der Waals surface area contributed by atoms with Gasteiger partial charge in [0.1, 0.15) is 11.9 Å². The van der Waals surface area contributed by atoms with Gasteiger partial charge in [-0.05, 0) is 6.92 Å². The summed E-state index contributed by atoms with van der Waals surface area (Å²) >= 11 is 0. The Kier molecular flexibility index (Phi) is 4.51. The minimum atomic E-state index is -1.39. The molecule has 0 bridgehead atoms. The van der Waals surface area contributed by atoms with Crippen molar-refractivity contribution in [1.82, 2.24) is 5.32 Å². The molecule has 0 aromatic heterocycles. The van der Waals surface area contributed by atoms with E-state index in [1.165, 1.54) is 0 Å². The summed E-state index contributed by atoms with van der Waals surface area (Å²) in [5.41, 5.74) is -1.67. The van der Waals surface area contributed by atoms with E-state index in [0.717, 1.165) is 6.92 Å². The molecule has 20 heavy (non-hydrogen) atoms. The molecule has 3 N–H and O–H groups in total. The van der Waals surface area contributed by atoms with Crippen molar-refractivity contribution in [1.29, 1.82) is 0 Å². The zero-order valence-corrected chi connectivity index (χ0v) is 10.0. The fourth-order valence-corrected chi connectivity index (χ4v) is 1.19. The summed E-state index contributed by atoms with van der Waals surface area (Å²) in [6, 6.07) is -1.61. The molecule has 0 spiro atoms. The molecule has 0 unspecified atom stereocenters. The maximum Gasteiger partial charge on any atom is 0.325 e. The number of anilines is 1. The molecule has 0 aliphatic carbocycles. The van der Waals surface area contributed by atoms with Crippen LogP contribution >= 0.6 is 0 Å². The van der Waals surface area contributed by atoms with Gasteiger partial charge in [0.15, 0.2) is 0 Å². The molecule has 0 fully saturated rings. The van der Waals surface area contributed by atoms with Gasteiger partial charge in [0, 0.05) is 12.1 Å². The quantitative estimate of drug-likeness (QED) is 0.572. The predicted octanol–water partition coefficient (Wildman–Crippen LogP) is 1.47. The highest BCUT2D eigenvalue weighted by molar-refractivity contribution is 5.92. The van der Waals surface area contributed by atoms with Crippen molar-refractivity contribution in [2.24, 2.45) is 0 Å². The summed E-state index contributed by atoms with van der Waals surface area (Å²) < 4.78 is 26.4. The number of halogens is 2. The average molecular weight is 289 g/mol. The third-order valence-electron chi connectivity index (χ3n) is 2.20. The third kappa shape index (κ3) is 3.60. The van der Waals surface area contributed by atoms with Gasteiger partial charge < -0.3 is 15.7 Å². The number of hydrogen-bond donors (Lipinski definition) is 3. The SMILES string of the molecule is C[C@H](NC(=O)Nc1cc([N+](=O)[O-])c(F)cc1F)C(=O)O. The van der Waals surface area contributed by atoms with Gasteiger partial charge in [0.25, 0.3) is 0 Å². The zero-order valence-electron chi connectivity index (χ0n) is 10.0. The van der Waals surface area contributed by atoms with Crippen LogP contribution in [0.15, 0.2) is 12.1 Å². The smallest absolute Gasteiger partial charge is 0.325 e. The summed E-state index contributed by atoms with van der Waals surface area (Å²) in [6.45, 7) is 1.16. The molecular formula is C10H9F2N3O5. The van der Waals surface area contributed by atoms with Crippen molar-refractivity contribution >= 4 is 23.4 Å². The number of benzene rings is 1. The van der Waals surface area contributed by atoms with Crippen LogP contribution in [0, 0.1) is 21.7 Å². The van der Waals surface area contributed by atoms with Crippen LogP contribution in [-0.2, 0) is 4.79 Å². The van der Waals surface area contributed by atoms with E-state index in [0.29, 0.717) is 6.07 Å². The summed E-state index contributed by atoms with van der Waals surface area (Å²) in [6.07, 6.45) is 0. The number of hydrogen-bond acceptors (Lipinski definition) is 4. The normalized spacial score (nSPS) is 11.6. The van der Waals surface area contributed by atoms with Crippen LogP contribution < -0.4 is 10.6 Å². The monoisotopic (exact) mass is 289 g/mol. The second-order valence-electron chi connectivity index (χ2n) is 3.70. The Labute approximate surface area is 110 Å². The number of nitro benzene ring substituents is 1. The maximum atomic E-state index is 13.3. The topological polar surface area (TPSA) is 122 Å². The first kappa shape index (κ1) is 15.3. The minimum absolute atomic E-state index is 0.244. The lowest BCUT2D eigenvalue weighted by Gasteiger charge is -2.11. The van der Waals surface area contributed by atoms with Gasteiger partial charge in [-0.15, -0.1) is 0 Å². The van der Waals surface area contributed by atoms with E-state index < -0.39 is 46.0 Å². The van der Waals surface area contributed by atoms with Gasteiger partial charge in [-0.3, -0.25) is 14.9 Å². The first-order chi connectivity index (χ1) is 9.22. The molecule has 0 saturated heterocycles. The Bertz CT molecular complexity index is 578. The Balaban J connectivity index is 2.92. The van der Waals surface area contributed by atoms with Crippen LogP contribution in [-0.4, -0.2) is 28.1 Å². The number of nitro groups is 1. The van der Waals surface area contributed by atoms with Gasteiger partial charge in [-0.2, -0.15) is 4.39 Å². The first-order valence-corrected chi connectivity index (χ1v) is 5.16. The second kappa shape index (κ2) is 5.91. The Morgan fingerprint density at radius 2 is 1.95 bits per heavy atom. The minimum Gasteiger partial charge on any atom is -0.480 e. The molecule has 8 nitrogen and oxygen atoms in total. The summed E-state index contributed by atoms with van der Waals surface area (Å²) in [7, 11) is 0. The molecule has 10 heteroatoms. The summed E-state index contributed by atoms with van der Waals surface area (Å²) in [5.74, 6) is -3.95. The van der Waals surface area contributed by atoms with E-state index in [-0.39, 0.29) is 6.07 Å². The highest BCUT2D eigenvalue weighted by Crippen LogP contribution is 2.24. The van der Waals surface area contributed by atoms with Crippen LogP contribution in [0.2, 0.25) is 0 Å². The lowest BCUT2D eigenvalue weighted by Crippen LogP contribution is -2.41. The average Bonchev–Trinajstić information content (AvgIpc) is 2.31. The number of rotatable bonds is 4. The Hall–Kier alpha value is -2.78. The zero-order chi connectivity index (χ0) is 15.4.